The smallest absolute Gasteiger partial charge is 0.272 e. The van der Waals surface area contributed by atoms with Crippen molar-refractivity contribution in [2.75, 3.05) is 12.1 Å². The van der Waals surface area contributed by atoms with Crippen LogP contribution in [0.1, 0.15) is 10.5 Å². The van der Waals surface area contributed by atoms with Crippen molar-refractivity contribution < 1.29 is 14.3 Å². The zero-order chi connectivity index (χ0) is 13.4. The Labute approximate surface area is 122 Å². The monoisotopic (exact) mass is 342 g/mol. The fraction of sp³-hybridized carbons (Fsp3) is 0.0833. The highest BCUT2D eigenvalue weighted by molar-refractivity contribution is 9.10. The number of hydrogen-bond donors (Lipinski definition) is 2. The van der Waals surface area contributed by atoms with Gasteiger partial charge in [-0.2, -0.15) is 0 Å². The van der Waals surface area contributed by atoms with Crippen LogP contribution in [0.25, 0.3) is 0 Å². The summed E-state index contributed by atoms with van der Waals surface area (Å²) < 4.78 is 11.2. The number of anilines is 1. The third-order valence-electron chi connectivity index (χ3n) is 2.60. The van der Waals surface area contributed by atoms with Crippen LogP contribution in [0.4, 0.5) is 5.69 Å². The Morgan fingerprint density at radius 1 is 1.32 bits per heavy atom. The summed E-state index contributed by atoms with van der Waals surface area (Å²) in [6.45, 7) is 0.159. The van der Waals surface area contributed by atoms with Crippen molar-refractivity contribution >= 4 is 39.1 Å². The fourth-order valence-corrected chi connectivity index (χ4v) is 2.25. The van der Waals surface area contributed by atoms with E-state index in [0.29, 0.717) is 27.9 Å². The molecule has 0 radical (unpaired) electrons. The average Bonchev–Trinajstić information content (AvgIpc) is 2.98. The van der Waals surface area contributed by atoms with Crippen LogP contribution >= 0.6 is 27.5 Å². The molecule has 5 nitrogen and oxygen atoms in total. The number of fused-ring (bicyclic) bond motifs is 1. The molecule has 0 spiro atoms. The van der Waals surface area contributed by atoms with Gasteiger partial charge in [0.2, 0.25) is 6.79 Å². The van der Waals surface area contributed by atoms with Crippen molar-refractivity contribution in [3.8, 4) is 11.5 Å². The second-order valence-electron chi connectivity index (χ2n) is 3.87. The summed E-state index contributed by atoms with van der Waals surface area (Å²) in [5.74, 6) is 0.851. The molecule has 1 aliphatic rings. The number of benzene rings is 1. The molecule has 1 aliphatic heterocycles. The van der Waals surface area contributed by atoms with Gasteiger partial charge in [0.1, 0.15) is 5.69 Å². The van der Waals surface area contributed by atoms with Gasteiger partial charge < -0.3 is 19.8 Å². The number of carbonyl (C=O) groups is 1. The zero-order valence-corrected chi connectivity index (χ0v) is 11.8. The van der Waals surface area contributed by atoms with E-state index in [1.54, 1.807) is 24.4 Å². The topological polar surface area (TPSA) is 63.4 Å². The number of rotatable bonds is 2. The fourth-order valence-electron chi connectivity index (χ4n) is 1.70. The van der Waals surface area contributed by atoms with Crippen LogP contribution in [0.3, 0.4) is 0 Å². The van der Waals surface area contributed by atoms with Crippen LogP contribution < -0.4 is 14.8 Å². The van der Waals surface area contributed by atoms with Crippen LogP contribution in [0.2, 0.25) is 5.02 Å². The minimum absolute atomic E-state index is 0.159. The second-order valence-corrected chi connectivity index (χ2v) is 5.19. The molecule has 7 heteroatoms. The molecule has 1 aromatic heterocycles. The van der Waals surface area contributed by atoms with Crippen molar-refractivity contribution in [1.82, 2.24) is 4.98 Å². The van der Waals surface area contributed by atoms with E-state index in [1.807, 2.05) is 0 Å². The number of hydrogen-bond acceptors (Lipinski definition) is 3. The summed E-state index contributed by atoms with van der Waals surface area (Å²) in [7, 11) is 0. The molecule has 1 aromatic carbocycles. The van der Waals surface area contributed by atoms with Crippen LogP contribution in [0.5, 0.6) is 11.5 Å². The van der Waals surface area contributed by atoms with Gasteiger partial charge >= 0.3 is 0 Å². The summed E-state index contributed by atoms with van der Waals surface area (Å²) >= 11 is 9.34. The molecule has 98 valence electrons. The first-order valence-electron chi connectivity index (χ1n) is 5.38. The van der Waals surface area contributed by atoms with E-state index in [9.17, 15) is 4.79 Å². The molecule has 2 N–H and O–H groups in total. The molecular weight excluding hydrogens is 336 g/mol. The van der Waals surface area contributed by atoms with E-state index in [4.69, 9.17) is 21.1 Å². The molecule has 3 rings (SSSR count). The van der Waals surface area contributed by atoms with Crippen molar-refractivity contribution in [2.45, 2.75) is 0 Å². The maximum atomic E-state index is 12.0. The summed E-state index contributed by atoms with van der Waals surface area (Å²) in [5, 5.41) is 3.10. The lowest BCUT2D eigenvalue weighted by molar-refractivity contribution is 0.102. The van der Waals surface area contributed by atoms with Gasteiger partial charge in [0, 0.05) is 22.8 Å². The predicted molar refractivity (Wildman–Crippen MR) is 74.0 cm³/mol. The number of H-pyrrole nitrogens is 1. The van der Waals surface area contributed by atoms with E-state index in [2.05, 4.69) is 26.2 Å². The lowest BCUT2D eigenvalue weighted by Gasteiger charge is -2.07. The summed E-state index contributed by atoms with van der Waals surface area (Å²) in [5.41, 5.74) is 0.905. The summed E-state index contributed by atoms with van der Waals surface area (Å²) in [6.07, 6.45) is 1.68. The first-order chi connectivity index (χ1) is 9.13. The summed E-state index contributed by atoms with van der Waals surface area (Å²) in [6, 6.07) is 4.93. The quantitative estimate of drug-likeness (QED) is 0.878. The molecule has 0 aliphatic carbocycles. The number of carbonyl (C=O) groups excluding carboxylic acids is 1. The van der Waals surface area contributed by atoms with Gasteiger partial charge in [-0.1, -0.05) is 11.6 Å². The van der Waals surface area contributed by atoms with Gasteiger partial charge in [-0.05, 0) is 22.0 Å². The van der Waals surface area contributed by atoms with E-state index < -0.39 is 0 Å². The predicted octanol–water partition coefficient (Wildman–Crippen LogP) is 3.41. The lowest BCUT2D eigenvalue weighted by atomic mass is 10.2. The van der Waals surface area contributed by atoms with Gasteiger partial charge in [0.25, 0.3) is 5.91 Å². The number of nitrogens with one attached hydrogen (secondary N) is 2. The van der Waals surface area contributed by atoms with Gasteiger partial charge in [0.15, 0.2) is 11.5 Å². The zero-order valence-electron chi connectivity index (χ0n) is 9.50. The normalized spacial score (nSPS) is 12.5. The Morgan fingerprint density at radius 3 is 2.74 bits per heavy atom. The lowest BCUT2D eigenvalue weighted by Crippen LogP contribution is -2.12. The van der Waals surface area contributed by atoms with E-state index >= 15 is 0 Å². The Bertz CT molecular complexity index is 656. The molecule has 0 saturated carbocycles. The number of aromatic amines is 1. The van der Waals surface area contributed by atoms with Crippen LogP contribution in [0, 0.1) is 0 Å². The number of amides is 1. The second kappa shape index (κ2) is 4.79. The molecule has 1 amide bonds. The molecule has 0 fully saturated rings. The average molecular weight is 344 g/mol. The van der Waals surface area contributed by atoms with E-state index in [-0.39, 0.29) is 12.7 Å². The first kappa shape index (κ1) is 12.4. The third-order valence-corrected chi connectivity index (χ3v) is 3.37. The highest BCUT2D eigenvalue weighted by Gasteiger charge is 2.18. The van der Waals surface area contributed by atoms with Crippen molar-refractivity contribution in [3.63, 3.8) is 0 Å². The minimum Gasteiger partial charge on any atom is -0.454 e. The first-order valence-corrected chi connectivity index (χ1v) is 6.55. The van der Waals surface area contributed by atoms with E-state index in [1.165, 1.54) is 0 Å². The SMILES string of the molecule is O=C(Nc1cc2c(cc1Cl)OCO2)c1cc(Br)c[nH]1. The Kier molecular flexibility index (Phi) is 3.12. The highest BCUT2D eigenvalue weighted by Crippen LogP contribution is 2.39. The molecule has 2 aromatic rings. The Balaban J connectivity index is 1.85. The van der Waals surface area contributed by atoms with Gasteiger partial charge in [-0.25, -0.2) is 0 Å². The Hall–Kier alpha value is -1.66. The number of halogens is 2. The molecule has 0 unspecified atom stereocenters. The maximum absolute atomic E-state index is 12.0. The molecule has 19 heavy (non-hydrogen) atoms. The van der Waals surface area contributed by atoms with Crippen molar-refractivity contribution in [2.24, 2.45) is 0 Å². The van der Waals surface area contributed by atoms with Crippen LogP contribution in [0.15, 0.2) is 28.9 Å². The van der Waals surface area contributed by atoms with Gasteiger partial charge in [-0.3, -0.25) is 4.79 Å². The highest BCUT2D eigenvalue weighted by atomic mass is 79.9. The summed E-state index contributed by atoms with van der Waals surface area (Å²) in [4.78, 5) is 14.8. The number of aromatic nitrogens is 1. The van der Waals surface area contributed by atoms with Crippen molar-refractivity contribution in [1.29, 1.82) is 0 Å². The molecule has 0 atom stereocenters. The van der Waals surface area contributed by atoms with Gasteiger partial charge in [0.05, 0.1) is 10.7 Å². The molecule has 2 heterocycles. The van der Waals surface area contributed by atoms with E-state index in [0.717, 1.165) is 4.47 Å². The molecular formula is C12H8BrClN2O3. The van der Waals surface area contributed by atoms with Crippen molar-refractivity contribution in [3.05, 3.63) is 39.6 Å². The third kappa shape index (κ3) is 2.41. The number of ether oxygens (including phenoxy) is 2. The maximum Gasteiger partial charge on any atom is 0.272 e. The van der Waals surface area contributed by atoms with Crippen LogP contribution in [-0.4, -0.2) is 17.7 Å². The molecule has 0 saturated heterocycles. The Morgan fingerprint density at radius 2 is 2.05 bits per heavy atom. The largest absolute Gasteiger partial charge is 0.454 e. The standard InChI is InChI=1S/C12H8BrClN2O3/c13-6-1-9(15-4-6)12(17)16-8-3-11-10(2-7(8)14)18-5-19-11/h1-4,15H,5H2,(H,16,17). The molecule has 0 bridgehead atoms. The minimum atomic E-state index is -0.286. The van der Waals surface area contributed by atoms with Crippen LogP contribution in [-0.2, 0) is 0 Å². The van der Waals surface area contributed by atoms with Gasteiger partial charge in [-0.15, -0.1) is 0 Å².